The molecule has 3 rings (SSSR count). The first-order chi connectivity index (χ1) is 15.0. The van der Waals surface area contributed by atoms with Crippen LogP contribution in [0.25, 0.3) is 0 Å². The lowest BCUT2D eigenvalue weighted by Gasteiger charge is -2.09. The Morgan fingerprint density at radius 3 is 2.68 bits per heavy atom. The number of hydrogen-bond donors (Lipinski definition) is 1. The monoisotopic (exact) mass is 458 g/mol. The molecular formula is C22H23ClN4O3S. The molecule has 0 saturated heterocycles. The zero-order valence-electron chi connectivity index (χ0n) is 17.3. The molecule has 31 heavy (non-hydrogen) atoms. The molecular weight excluding hydrogens is 436 g/mol. The maximum Gasteiger partial charge on any atom is 0.339 e. The first kappa shape index (κ1) is 22.8. The number of amides is 1. The van der Waals surface area contributed by atoms with Crippen LogP contribution in [0.4, 0.5) is 5.69 Å². The van der Waals surface area contributed by atoms with Crippen molar-refractivity contribution in [3.8, 4) is 0 Å². The minimum absolute atomic E-state index is 0.148. The van der Waals surface area contributed by atoms with Gasteiger partial charge in [-0.15, -0.1) is 10.2 Å². The highest BCUT2D eigenvalue weighted by molar-refractivity contribution is 7.99. The van der Waals surface area contributed by atoms with Gasteiger partial charge in [0.25, 0.3) is 0 Å². The standard InChI is InChI=1S/C22H23ClN4O3S/c1-3-11-30-21(29)17-13-16(9-10-18(17)23)24-20(28)14-31-22-26-25-19(27(22)2)12-15-7-5-4-6-8-15/h4-10,13H,3,11-12,14H2,1-2H3,(H,24,28). The number of esters is 1. The number of hydrogen-bond acceptors (Lipinski definition) is 6. The van der Waals surface area contributed by atoms with E-state index in [9.17, 15) is 9.59 Å². The molecule has 3 aromatic rings. The van der Waals surface area contributed by atoms with E-state index in [-0.39, 0.29) is 22.2 Å². The van der Waals surface area contributed by atoms with Crippen LogP contribution in [0.1, 0.15) is 35.1 Å². The van der Waals surface area contributed by atoms with Crippen LogP contribution in [-0.4, -0.2) is 39.0 Å². The Morgan fingerprint density at radius 2 is 1.94 bits per heavy atom. The number of nitrogens with zero attached hydrogens (tertiary/aromatic N) is 3. The summed E-state index contributed by atoms with van der Waals surface area (Å²) in [5, 5.41) is 12.1. The van der Waals surface area contributed by atoms with Crippen molar-refractivity contribution in [1.82, 2.24) is 14.8 Å². The van der Waals surface area contributed by atoms with Gasteiger partial charge in [0.05, 0.1) is 22.9 Å². The quantitative estimate of drug-likeness (QED) is 0.379. The van der Waals surface area contributed by atoms with Gasteiger partial charge in [-0.05, 0) is 30.2 Å². The Morgan fingerprint density at radius 1 is 1.16 bits per heavy atom. The molecule has 0 bridgehead atoms. The summed E-state index contributed by atoms with van der Waals surface area (Å²) < 4.78 is 7.01. The van der Waals surface area contributed by atoms with Gasteiger partial charge in [0, 0.05) is 19.2 Å². The average molecular weight is 459 g/mol. The maximum atomic E-state index is 12.4. The molecule has 0 aliphatic rings. The second-order valence-electron chi connectivity index (χ2n) is 6.79. The number of benzene rings is 2. The summed E-state index contributed by atoms with van der Waals surface area (Å²) in [7, 11) is 1.88. The summed E-state index contributed by atoms with van der Waals surface area (Å²) in [4.78, 5) is 24.5. The molecule has 162 valence electrons. The Hall–Kier alpha value is -2.84. The lowest BCUT2D eigenvalue weighted by molar-refractivity contribution is -0.113. The molecule has 1 aromatic heterocycles. The van der Waals surface area contributed by atoms with Gasteiger partial charge in [-0.1, -0.05) is 60.6 Å². The van der Waals surface area contributed by atoms with Crippen LogP contribution in [0.2, 0.25) is 5.02 Å². The summed E-state index contributed by atoms with van der Waals surface area (Å²) in [5.74, 6) is 0.229. The van der Waals surface area contributed by atoms with Gasteiger partial charge in [-0.25, -0.2) is 4.79 Å². The minimum atomic E-state index is -0.512. The van der Waals surface area contributed by atoms with Crippen molar-refractivity contribution in [3.05, 3.63) is 70.5 Å². The van der Waals surface area contributed by atoms with Crippen LogP contribution in [-0.2, 0) is 23.0 Å². The number of carbonyl (C=O) groups is 2. The fourth-order valence-corrected chi connectivity index (χ4v) is 3.69. The summed E-state index contributed by atoms with van der Waals surface area (Å²) >= 11 is 7.38. The van der Waals surface area contributed by atoms with Crippen molar-refractivity contribution in [2.24, 2.45) is 7.05 Å². The molecule has 1 heterocycles. The highest BCUT2D eigenvalue weighted by Gasteiger charge is 2.15. The molecule has 0 atom stereocenters. The predicted molar refractivity (Wildman–Crippen MR) is 122 cm³/mol. The van der Waals surface area contributed by atoms with Crippen molar-refractivity contribution < 1.29 is 14.3 Å². The fraction of sp³-hybridized carbons (Fsp3) is 0.273. The molecule has 0 radical (unpaired) electrons. The number of carbonyl (C=O) groups excluding carboxylic acids is 2. The number of anilines is 1. The number of rotatable bonds is 9. The summed E-state index contributed by atoms with van der Waals surface area (Å²) in [6.07, 6.45) is 1.38. The van der Waals surface area contributed by atoms with Crippen LogP contribution in [0.5, 0.6) is 0 Å². The third-order valence-corrected chi connectivity index (χ3v) is 5.72. The van der Waals surface area contributed by atoms with Crippen LogP contribution in [0.15, 0.2) is 53.7 Å². The normalized spacial score (nSPS) is 10.7. The summed E-state index contributed by atoms with van der Waals surface area (Å²) in [6, 6.07) is 14.7. The first-order valence-electron chi connectivity index (χ1n) is 9.79. The molecule has 9 heteroatoms. The minimum Gasteiger partial charge on any atom is -0.462 e. The molecule has 0 unspecified atom stereocenters. The van der Waals surface area contributed by atoms with E-state index < -0.39 is 5.97 Å². The number of ether oxygens (including phenoxy) is 1. The van der Waals surface area contributed by atoms with Gasteiger partial charge in [0.15, 0.2) is 5.16 Å². The molecule has 0 aliphatic carbocycles. The second-order valence-corrected chi connectivity index (χ2v) is 8.14. The van der Waals surface area contributed by atoms with Crippen LogP contribution >= 0.6 is 23.4 Å². The SMILES string of the molecule is CCCOC(=O)c1cc(NC(=O)CSc2nnc(Cc3ccccc3)n2C)ccc1Cl. The lowest BCUT2D eigenvalue weighted by atomic mass is 10.1. The van der Waals surface area contributed by atoms with Gasteiger partial charge in [0.1, 0.15) is 5.82 Å². The number of nitrogens with one attached hydrogen (secondary N) is 1. The Balaban J connectivity index is 1.58. The van der Waals surface area contributed by atoms with Gasteiger partial charge >= 0.3 is 5.97 Å². The first-order valence-corrected chi connectivity index (χ1v) is 11.2. The topological polar surface area (TPSA) is 86.1 Å². The van der Waals surface area contributed by atoms with Crippen LogP contribution < -0.4 is 5.32 Å². The molecule has 0 fully saturated rings. The van der Waals surface area contributed by atoms with E-state index in [1.807, 2.05) is 48.9 Å². The molecule has 0 aliphatic heterocycles. The van der Waals surface area contributed by atoms with Crippen molar-refractivity contribution in [1.29, 1.82) is 0 Å². The second kappa shape index (κ2) is 11.0. The third-order valence-electron chi connectivity index (χ3n) is 4.37. The molecule has 0 spiro atoms. The summed E-state index contributed by atoms with van der Waals surface area (Å²) in [5.41, 5.74) is 1.84. The van der Waals surface area contributed by atoms with E-state index in [0.717, 1.165) is 11.4 Å². The summed E-state index contributed by atoms with van der Waals surface area (Å²) in [6.45, 7) is 2.22. The molecule has 0 saturated carbocycles. The smallest absolute Gasteiger partial charge is 0.339 e. The van der Waals surface area contributed by atoms with E-state index in [1.165, 1.54) is 17.8 Å². The largest absolute Gasteiger partial charge is 0.462 e. The van der Waals surface area contributed by atoms with Crippen molar-refractivity contribution in [2.45, 2.75) is 24.9 Å². The predicted octanol–water partition coefficient (Wildman–Crippen LogP) is 4.36. The Kier molecular flexibility index (Phi) is 8.08. The highest BCUT2D eigenvalue weighted by Crippen LogP contribution is 2.23. The van der Waals surface area contributed by atoms with Crippen LogP contribution in [0.3, 0.4) is 0 Å². The Labute approximate surface area is 190 Å². The maximum absolute atomic E-state index is 12.4. The zero-order valence-corrected chi connectivity index (χ0v) is 18.9. The van der Waals surface area contributed by atoms with E-state index >= 15 is 0 Å². The van der Waals surface area contributed by atoms with Crippen molar-refractivity contribution >= 4 is 40.9 Å². The van der Waals surface area contributed by atoms with Gasteiger partial charge in [-0.3, -0.25) is 4.79 Å². The molecule has 1 amide bonds. The number of thioether (sulfide) groups is 1. The van der Waals surface area contributed by atoms with E-state index in [1.54, 1.807) is 12.1 Å². The highest BCUT2D eigenvalue weighted by atomic mass is 35.5. The zero-order chi connectivity index (χ0) is 22.2. The number of aromatic nitrogens is 3. The molecule has 7 nitrogen and oxygen atoms in total. The van der Waals surface area contributed by atoms with Crippen molar-refractivity contribution in [3.63, 3.8) is 0 Å². The average Bonchev–Trinajstić information content (AvgIpc) is 3.11. The van der Waals surface area contributed by atoms with E-state index in [2.05, 4.69) is 15.5 Å². The lowest BCUT2D eigenvalue weighted by Crippen LogP contribution is -2.15. The molecule has 1 N–H and O–H groups in total. The van der Waals surface area contributed by atoms with E-state index in [4.69, 9.17) is 16.3 Å². The van der Waals surface area contributed by atoms with Gasteiger partial charge in [0.2, 0.25) is 5.91 Å². The number of halogens is 1. The van der Waals surface area contributed by atoms with Gasteiger partial charge in [-0.2, -0.15) is 0 Å². The fourth-order valence-electron chi connectivity index (χ4n) is 2.76. The van der Waals surface area contributed by atoms with Gasteiger partial charge < -0.3 is 14.6 Å². The van der Waals surface area contributed by atoms with E-state index in [0.29, 0.717) is 30.3 Å². The third kappa shape index (κ3) is 6.32. The van der Waals surface area contributed by atoms with Crippen LogP contribution in [0, 0.1) is 0 Å². The Bertz CT molecular complexity index is 1060. The molecule has 2 aromatic carbocycles. The van der Waals surface area contributed by atoms with Crippen molar-refractivity contribution in [2.75, 3.05) is 17.7 Å².